The van der Waals surface area contributed by atoms with Gasteiger partial charge in [0.1, 0.15) is 24.1 Å². The lowest BCUT2D eigenvalue weighted by Gasteiger charge is -2.15. The summed E-state index contributed by atoms with van der Waals surface area (Å²) < 4.78 is 26.4. The van der Waals surface area contributed by atoms with Crippen LogP contribution in [0.5, 0.6) is 11.5 Å². The quantitative estimate of drug-likeness (QED) is 0.172. The number of nitrogens with zero attached hydrogens (tertiary/aromatic N) is 1. The third-order valence-corrected chi connectivity index (χ3v) is 5.71. The summed E-state index contributed by atoms with van der Waals surface area (Å²) in [5, 5.41) is 12.3. The van der Waals surface area contributed by atoms with Crippen LogP contribution < -0.4 is 14.8 Å². The van der Waals surface area contributed by atoms with E-state index >= 15 is 0 Å². The molecule has 1 N–H and O–H groups in total. The molecule has 3 aromatic rings. The molecule has 0 bridgehead atoms. The first-order valence-corrected chi connectivity index (χ1v) is 11.8. The van der Waals surface area contributed by atoms with Crippen molar-refractivity contribution in [1.82, 2.24) is 0 Å². The molecule has 1 amide bonds. The highest BCUT2D eigenvalue weighted by molar-refractivity contribution is 14.1. The molecule has 0 atom stereocenters. The molecule has 3 aromatic carbocycles. The van der Waals surface area contributed by atoms with Gasteiger partial charge in [-0.1, -0.05) is 12.1 Å². The average Bonchev–Trinajstić information content (AvgIpc) is 2.79. The van der Waals surface area contributed by atoms with Crippen LogP contribution in [0.25, 0.3) is 6.08 Å². The van der Waals surface area contributed by atoms with Crippen molar-refractivity contribution in [2.45, 2.75) is 13.5 Å². The van der Waals surface area contributed by atoms with E-state index in [1.165, 1.54) is 18.2 Å². The summed E-state index contributed by atoms with van der Waals surface area (Å²) in [7, 11) is 0. The van der Waals surface area contributed by atoms with Gasteiger partial charge in [-0.05, 0) is 111 Å². The Labute approximate surface area is 213 Å². The Balaban J connectivity index is 1.83. The van der Waals surface area contributed by atoms with Crippen LogP contribution >= 0.6 is 38.5 Å². The minimum atomic E-state index is -0.510. The van der Waals surface area contributed by atoms with Gasteiger partial charge in [0.15, 0.2) is 11.5 Å². The van der Waals surface area contributed by atoms with Gasteiger partial charge in [-0.3, -0.25) is 4.79 Å². The summed E-state index contributed by atoms with van der Waals surface area (Å²) in [6.45, 7) is 2.45. The van der Waals surface area contributed by atoms with Crippen molar-refractivity contribution in [3.63, 3.8) is 0 Å². The maximum atomic E-state index is 13.1. The zero-order valence-electron chi connectivity index (χ0n) is 17.6. The summed E-state index contributed by atoms with van der Waals surface area (Å²) in [5.74, 6) is 0.102. The van der Waals surface area contributed by atoms with Gasteiger partial charge in [0.2, 0.25) is 0 Å². The van der Waals surface area contributed by atoms with Crippen molar-refractivity contribution in [3.05, 3.63) is 91.2 Å². The Bertz CT molecular complexity index is 1210. The Morgan fingerprint density at radius 2 is 1.85 bits per heavy atom. The zero-order chi connectivity index (χ0) is 23.8. The number of carbonyl (C=O) groups is 1. The maximum absolute atomic E-state index is 13.1. The summed E-state index contributed by atoms with van der Waals surface area (Å²) >= 11 is 5.66. The number of halogens is 3. The topological polar surface area (TPSA) is 71.3 Å². The highest BCUT2D eigenvalue weighted by Gasteiger charge is 2.15. The van der Waals surface area contributed by atoms with Crippen molar-refractivity contribution in [2.75, 3.05) is 11.9 Å². The van der Waals surface area contributed by atoms with Crippen molar-refractivity contribution in [3.8, 4) is 17.6 Å². The van der Waals surface area contributed by atoms with Gasteiger partial charge in [0.25, 0.3) is 5.91 Å². The molecule has 0 saturated carbocycles. The summed E-state index contributed by atoms with van der Waals surface area (Å²) in [6, 6.07) is 18.7. The SMILES string of the molecule is CCOc1cc(/C=C(\C#N)C(=O)Nc2ccc(I)cc2)cc(Br)c1OCc1ccc(F)cc1. The monoisotopic (exact) mass is 620 g/mol. The molecule has 0 radical (unpaired) electrons. The van der Waals surface area contributed by atoms with Crippen LogP contribution in [0.4, 0.5) is 10.1 Å². The van der Waals surface area contributed by atoms with E-state index in [1.807, 2.05) is 25.1 Å². The Hall–Kier alpha value is -2.90. The van der Waals surface area contributed by atoms with Crippen LogP contribution in [-0.4, -0.2) is 12.5 Å². The summed E-state index contributed by atoms with van der Waals surface area (Å²) in [6.07, 6.45) is 1.49. The largest absolute Gasteiger partial charge is 0.490 e. The van der Waals surface area contributed by atoms with E-state index < -0.39 is 5.91 Å². The number of hydrogen-bond acceptors (Lipinski definition) is 4. The molecule has 168 valence electrons. The molecule has 0 aliphatic rings. The molecule has 5 nitrogen and oxygen atoms in total. The predicted octanol–water partition coefficient (Wildman–Crippen LogP) is 6.72. The van der Waals surface area contributed by atoms with E-state index in [0.717, 1.165) is 9.13 Å². The Morgan fingerprint density at radius 3 is 2.48 bits per heavy atom. The normalized spacial score (nSPS) is 10.9. The molecular weight excluding hydrogens is 602 g/mol. The predicted molar refractivity (Wildman–Crippen MR) is 137 cm³/mol. The maximum Gasteiger partial charge on any atom is 0.266 e. The number of rotatable bonds is 8. The second-order valence-electron chi connectivity index (χ2n) is 6.81. The van der Waals surface area contributed by atoms with Crippen LogP contribution in [0.1, 0.15) is 18.1 Å². The molecule has 0 unspecified atom stereocenters. The second kappa shape index (κ2) is 11.8. The van der Waals surface area contributed by atoms with Crippen molar-refractivity contribution < 1.29 is 18.7 Å². The molecule has 0 saturated heterocycles. The number of nitrogens with one attached hydrogen (secondary N) is 1. The Kier molecular flexibility index (Phi) is 8.86. The van der Waals surface area contributed by atoms with Gasteiger partial charge in [-0.25, -0.2) is 4.39 Å². The molecule has 33 heavy (non-hydrogen) atoms. The van der Waals surface area contributed by atoms with Crippen LogP contribution in [0.3, 0.4) is 0 Å². The third kappa shape index (κ3) is 7.04. The molecule has 0 heterocycles. The van der Waals surface area contributed by atoms with Gasteiger partial charge >= 0.3 is 0 Å². The fourth-order valence-corrected chi connectivity index (χ4v) is 3.79. The number of hydrogen-bond donors (Lipinski definition) is 1. The fraction of sp³-hybridized carbons (Fsp3) is 0.120. The van der Waals surface area contributed by atoms with Gasteiger partial charge < -0.3 is 14.8 Å². The standard InChI is InChI=1S/C25H19BrFIN2O3/c1-2-32-23-13-17(11-18(14-29)25(31)30-21-9-7-20(28)8-10-21)12-22(26)24(23)33-15-16-3-5-19(27)6-4-16/h3-13H,2,15H2,1H3,(H,30,31)/b18-11+. The molecule has 3 rings (SSSR count). The van der Waals surface area contributed by atoms with Gasteiger partial charge in [0.05, 0.1) is 11.1 Å². The van der Waals surface area contributed by atoms with Gasteiger partial charge in [-0.15, -0.1) is 0 Å². The second-order valence-corrected chi connectivity index (χ2v) is 8.91. The van der Waals surface area contributed by atoms with E-state index in [1.54, 1.807) is 36.4 Å². The third-order valence-electron chi connectivity index (χ3n) is 4.41. The highest BCUT2D eigenvalue weighted by Crippen LogP contribution is 2.38. The summed E-state index contributed by atoms with van der Waals surface area (Å²) in [5.41, 5.74) is 1.94. The van der Waals surface area contributed by atoms with E-state index in [9.17, 15) is 14.4 Å². The van der Waals surface area contributed by atoms with Crippen LogP contribution in [0.15, 0.2) is 70.7 Å². The average molecular weight is 621 g/mol. The van der Waals surface area contributed by atoms with Gasteiger partial charge in [-0.2, -0.15) is 5.26 Å². The lowest BCUT2D eigenvalue weighted by Crippen LogP contribution is -2.13. The van der Waals surface area contributed by atoms with E-state index in [4.69, 9.17) is 9.47 Å². The molecule has 8 heteroatoms. The van der Waals surface area contributed by atoms with Crippen molar-refractivity contribution >= 4 is 56.2 Å². The van der Waals surface area contributed by atoms with E-state index in [0.29, 0.717) is 33.8 Å². The first-order chi connectivity index (χ1) is 15.9. The van der Waals surface area contributed by atoms with Crippen LogP contribution in [-0.2, 0) is 11.4 Å². The number of anilines is 1. The zero-order valence-corrected chi connectivity index (χ0v) is 21.3. The lowest BCUT2D eigenvalue weighted by atomic mass is 10.1. The molecule has 0 aliphatic carbocycles. The molecule has 0 fully saturated rings. The Morgan fingerprint density at radius 1 is 1.15 bits per heavy atom. The molecule has 0 aliphatic heterocycles. The molecule has 0 spiro atoms. The lowest BCUT2D eigenvalue weighted by molar-refractivity contribution is -0.112. The van der Waals surface area contributed by atoms with Crippen molar-refractivity contribution in [2.24, 2.45) is 0 Å². The summed E-state index contributed by atoms with van der Waals surface area (Å²) in [4.78, 5) is 12.6. The number of benzene rings is 3. The number of ether oxygens (including phenoxy) is 2. The highest BCUT2D eigenvalue weighted by atomic mass is 127. The number of carbonyl (C=O) groups excluding carboxylic acids is 1. The van der Waals surface area contributed by atoms with Gasteiger partial charge in [0, 0.05) is 9.26 Å². The van der Waals surface area contributed by atoms with Crippen molar-refractivity contribution in [1.29, 1.82) is 5.26 Å². The molecule has 0 aromatic heterocycles. The van der Waals surface area contributed by atoms with E-state index in [2.05, 4.69) is 43.8 Å². The number of amides is 1. The smallest absolute Gasteiger partial charge is 0.266 e. The minimum absolute atomic E-state index is 0.0529. The number of nitriles is 1. The first-order valence-electron chi connectivity index (χ1n) is 9.92. The first kappa shape index (κ1) is 24.7. The molecular formula is C25H19BrFIN2O3. The van der Waals surface area contributed by atoms with Crippen LogP contribution in [0.2, 0.25) is 0 Å². The van der Waals surface area contributed by atoms with Crippen LogP contribution in [0, 0.1) is 20.7 Å². The van der Waals surface area contributed by atoms with E-state index in [-0.39, 0.29) is 18.0 Å². The fourth-order valence-electron chi connectivity index (χ4n) is 2.86. The minimum Gasteiger partial charge on any atom is -0.490 e.